The van der Waals surface area contributed by atoms with Crippen LogP contribution in [0.5, 0.6) is 5.75 Å². The normalized spacial score (nSPS) is 20.6. The number of hydrogen-bond donors (Lipinski definition) is 3. The fourth-order valence-electron chi connectivity index (χ4n) is 4.43. The topological polar surface area (TPSA) is 78.8 Å². The number of guanidine groups is 1. The van der Waals surface area contributed by atoms with Gasteiger partial charge in [0.2, 0.25) is 0 Å². The number of rotatable bonds is 5. The summed E-state index contributed by atoms with van der Waals surface area (Å²) in [6, 6.07) is 12.1. The van der Waals surface area contributed by atoms with Gasteiger partial charge in [0.1, 0.15) is 11.4 Å². The van der Waals surface area contributed by atoms with Crippen molar-refractivity contribution in [2.45, 2.75) is 56.8 Å². The molecule has 2 aromatic rings. The SMILES string of the molecule is CCNC(=NCC(O)c1ccncc1)NC1CC2(CCCC2)Oc2ccccc21.I. The molecule has 1 fully saturated rings. The Balaban J connectivity index is 0.00000256. The molecule has 2 unspecified atom stereocenters. The number of hydrogen-bond acceptors (Lipinski definition) is 4. The number of fused-ring (bicyclic) bond motifs is 1. The molecule has 162 valence electrons. The van der Waals surface area contributed by atoms with E-state index in [1.807, 2.05) is 25.1 Å². The lowest BCUT2D eigenvalue weighted by Gasteiger charge is -2.40. The molecule has 0 radical (unpaired) electrons. The van der Waals surface area contributed by atoms with E-state index in [1.165, 1.54) is 18.4 Å². The molecule has 1 saturated carbocycles. The third-order valence-electron chi connectivity index (χ3n) is 5.88. The van der Waals surface area contributed by atoms with Crippen LogP contribution in [-0.2, 0) is 0 Å². The molecule has 7 heteroatoms. The average molecular weight is 522 g/mol. The lowest BCUT2D eigenvalue weighted by atomic mass is 9.86. The van der Waals surface area contributed by atoms with Crippen molar-refractivity contribution >= 4 is 29.9 Å². The summed E-state index contributed by atoms with van der Waals surface area (Å²) in [6.45, 7) is 3.09. The summed E-state index contributed by atoms with van der Waals surface area (Å²) in [4.78, 5) is 8.66. The van der Waals surface area contributed by atoms with Gasteiger partial charge in [0.05, 0.1) is 18.7 Å². The van der Waals surface area contributed by atoms with E-state index in [1.54, 1.807) is 12.4 Å². The zero-order valence-electron chi connectivity index (χ0n) is 17.4. The molecule has 1 spiro atoms. The van der Waals surface area contributed by atoms with Crippen molar-refractivity contribution in [3.63, 3.8) is 0 Å². The van der Waals surface area contributed by atoms with Crippen molar-refractivity contribution in [1.29, 1.82) is 0 Å². The largest absolute Gasteiger partial charge is 0.487 e. The van der Waals surface area contributed by atoms with Crippen LogP contribution < -0.4 is 15.4 Å². The molecular weight excluding hydrogens is 491 g/mol. The number of aliphatic imine (C=N–C) groups is 1. The molecule has 0 saturated heterocycles. The first kappa shape index (κ1) is 22.8. The Morgan fingerprint density at radius 1 is 1.23 bits per heavy atom. The van der Waals surface area contributed by atoms with E-state index in [2.05, 4.69) is 38.8 Å². The Hall–Kier alpha value is -1.87. The number of halogens is 1. The highest BCUT2D eigenvalue weighted by atomic mass is 127. The fraction of sp³-hybridized carbons (Fsp3) is 0.478. The number of benzene rings is 1. The summed E-state index contributed by atoms with van der Waals surface area (Å²) in [5.74, 6) is 1.70. The Labute approximate surface area is 195 Å². The summed E-state index contributed by atoms with van der Waals surface area (Å²) in [6.07, 6.45) is 8.31. The zero-order chi connectivity index (χ0) is 20.1. The highest BCUT2D eigenvalue weighted by Crippen LogP contribution is 2.46. The minimum Gasteiger partial charge on any atom is -0.487 e. The molecule has 1 aromatic carbocycles. The minimum absolute atomic E-state index is 0. The molecule has 1 aromatic heterocycles. The monoisotopic (exact) mass is 522 g/mol. The standard InChI is InChI=1S/C23H30N4O2.HI/c1-2-25-22(26-16-20(28)17-9-13-24-14-10-17)27-19-15-23(11-5-6-12-23)29-21-8-4-3-7-18(19)21;/h3-4,7-10,13-14,19-20,28H,2,5-6,11-12,15-16H2,1H3,(H2,25,26,27);1H. The Morgan fingerprint density at radius 2 is 1.97 bits per heavy atom. The van der Waals surface area contributed by atoms with E-state index in [0.717, 1.165) is 43.1 Å². The average Bonchev–Trinajstić information content (AvgIpc) is 3.19. The maximum absolute atomic E-state index is 10.5. The zero-order valence-corrected chi connectivity index (χ0v) is 19.7. The maximum atomic E-state index is 10.5. The molecule has 1 aliphatic heterocycles. The molecule has 2 aliphatic rings. The molecule has 4 rings (SSSR count). The molecule has 2 heterocycles. The van der Waals surface area contributed by atoms with Crippen molar-refractivity contribution < 1.29 is 9.84 Å². The van der Waals surface area contributed by atoms with Crippen molar-refractivity contribution in [1.82, 2.24) is 15.6 Å². The maximum Gasteiger partial charge on any atom is 0.191 e. The van der Waals surface area contributed by atoms with Crippen LogP contribution in [0.3, 0.4) is 0 Å². The van der Waals surface area contributed by atoms with E-state index < -0.39 is 6.10 Å². The summed E-state index contributed by atoms with van der Waals surface area (Å²) >= 11 is 0. The highest BCUT2D eigenvalue weighted by Gasteiger charge is 2.43. The van der Waals surface area contributed by atoms with E-state index in [0.29, 0.717) is 0 Å². The van der Waals surface area contributed by atoms with Crippen LogP contribution in [0.15, 0.2) is 53.8 Å². The highest BCUT2D eigenvalue weighted by molar-refractivity contribution is 14.0. The van der Waals surface area contributed by atoms with Crippen LogP contribution in [-0.4, -0.2) is 34.7 Å². The van der Waals surface area contributed by atoms with E-state index in [-0.39, 0.29) is 42.2 Å². The van der Waals surface area contributed by atoms with E-state index in [4.69, 9.17) is 4.74 Å². The van der Waals surface area contributed by atoms with Crippen molar-refractivity contribution in [3.05, 3.63) is 59.9 Å². The second kappa shape index (κ2) is 10.4. The minimum atomic E-state index is -0.656. The summed E-state index contributed by atoms with van der Waals surface area (Å²) < 4.78 is 6.46. The molecule has 0 bridgehead atoms. The third-order valence-corrected chi connectivity index (χ3v) is 5.88. The van der Waals surface area contributed by atoms with E-state index in [9.17, 15) is 5.11 Å². The predicted octanol–water partition coefficient (Wildman–Crippen LogP) is 4.12. The number of aromatic nitrogens is 1. The molecule has 30 heavy (non-hydrogen) atoms. The molecule has 0 amide bonds. The lowest BCUT2D eigenvalue weighted by Crippen LogP contribution is -2.46. The number of nitrogens with zero attached hydrogens (tertiary/aromatic N) is 2. The van der Waals surface area contributed by atoms with Gasteiger partial charge in [-0.25, -0.2) is 0 Å². The Kier molecular flexibility index (Phi) is 7.93. The summed E-state index contributed by atoms with van der Waals surface area (Å²) in [5, 5.41) is 17.4. The van der Waals surface area contributed by atoms with Crippen LogP contribution in [0.25, 0.3) is 0 Å². The molecule has 1 aliphatic carbocycles. The van der Waals surface area contributed by atoms with Crippen molar-refractivity contribution in [2.75, 3.05) is 13.1 Å². The van der Waals surface area contributed by atoms with Gasteiger partial charge in [0.15, 0.2) is 5.96 Å². The second-order valence-electron chi connectivity index (χ2n) is 7.95. The lowest BCUT2D eigenvalue weighted by molar-refractivity contribution is 0.0395. The first-order chi connectivity index (χ1) is 14.2. The van der Waals surface area contributed by atoms with Gasteiger partial charge in [-0.05, 0) is 56.4 Å². The summed E-state index contributed by atoms with van der Waals surface area (Å²) in [7, 11) is 0. The van der Waals surface area contributed by atoms with Crippen LogP contribution in [0.1, 0.15) is 62.3 Å². The number of ether oxygens (including phenoxy) is 1. The first-order valence-electron chi connectivity index (χ1n) is 10.6. The van der Waals surface area contributed by atoms with Gasteiger partial charge in [-0.15, -0.1) is 24.0 Å². The quantitative estimate of drug-likeness (QED) is 0.313. The molecule has 6 nitrogen and oxygen atoms in total. The van der Waals surface area contributed by atoms with Gasteiger partial charge in [0, 0.05) is 30.9 Å². The molecular formula is C23H31IN4O2. The smallest absolute Gasteiger partial charge is 0.191 e. The number of aliphatic hydroxyl groups is 1. The van der Waals surface area contributed by atoms with Crippen molar-refractivity contribution in [2.24, 2.45) is 4.99 Å². The molecule has 2 atom stereocenters. The van der Waals surface area contributed by atoms with Crippen LogP contribution >= 0.6 is 24.0 Å². The summed E-state index contributed by atoms with van der Waals surface area (Å²) in [5.41, 5.74) is 1.92. The van der Waals surface area contributed by atoms with E-state index >= 15 is 0 Å². The van der Waals surface area contributed by atoms with Gasteiger partial charge in [-0.1, -0.05) is 18.2 Å². The van der Waals surface area contributed by atoms with Crippen LogP contribution in [0, 0.1) is 0 Å². The van der Waals surface area contributed by atoms with Gasteiger partial charge >= 0.3 is 0 Å². The number of para-hydroxylation sites is 1. The fourth-order valence-corrected chi connectivity index (χ4v) is 4.43. The van der Waals surface area contributed by atoms with Crippen LogP contribution in [0.4, 0.5) is 0 Å². The molecule has 3 N–H and O–H groups in total. The Bertz CT molecular complexity index is 840. The van der Waals surface area contributed by atoms with Crippen LogP contribution in [0.2, 0.25) is 0 Å². The van der Waals surface area contributed by atoms with Gasteiger partial charge in [0.25, 0.3) is 0 Å². The Morgan fingerprint density at radius 3 is 2.70 bits per heavy atom. The second-order valence-corrected chi connectivity index (χ2v) is 7.95. The third kappa shape index (κ3) is 5.24. The first-order valence-corrected chi connectivity index (χ1v) is 10.6. The number of nitrogens with one attached hydrogen (secondary N) is 2. The number of pyridine rings is 1. The predicted molar refractivity (Wildman–Crippen MR) is 129 cm³/mol. The number of aliphatic hydroxyl groups excluding tert-OH is 1. The van der Waals surface area contributed by atoms with Gasteiger partial charge in [-0.2, -0.15) is 0 Å². The van der Waals surface area contributed by atoms with Gasteiger partial charge in [-0.3, -0.25) is 9.98 Å². The van der Waals surface area contributed by atoms with Gasteiger partial charge < -0.3 is 20.5 Å². The van der Waals surface area contributed by atoms with Crippen molar-refractivity contribution in [3.8, 4) is 5.75 Å².